The zero-order valence-electron chi connectivity index (χ0n) is 13.9. The summed E-state index contributed by atoms with van der Waals surface area (Å²) < 4.78 is 0. The molecule has 0 aliphatic heterocycles. The lowest BCUT2D eigenvalue weighted by Crippen LogP contribution is -2.35. The van der Waals surface area contributed by atoms with Gasteiger partial charge in [-0.25, -0.2) is 0 Å². The summed E-state index contributed by atoms with van der Waals surface area (Å²) in [5.41, 5.74) is 1.08. The largest absolute Gasteiger partial charge is 0.380 e. The minimum Gasteiger partial charge on any atom is -0.380 e. The van der Waals surface area contributed by atoms with Crippen molar-refractivity contribution in [2.24, 2.45) is 0 Å². The summed E-state index contributed by atoms with van der Waals surface area (Å²) >= 11 is 0. The molecule has 0 aromatic heterocycles. The predicted octanol–water partition coefficient (Wildman–Crippen LogP) is 3.63. The van der Waals surface area contributed by atoms with Gasteiger partial charge in [-0.1, -0.05) is 91.0 Å². The molecule has 3 aromatic rings. The number of carbonyl (C=O) groups is 1. The van der Waals surface area contributed by atoms with Crippen LogP contribution in [-0.4, -0.2) is 11.0 Å². The van der Waals surface area contributed by atoms with Crippen LogP contribution in [0.1, 0.15) is 23.1 Å². The van der Waals surface area contributed by atoms with Gasteiger partial charge in [0, 0.05) is 6.54 Å². The first-order valence-corrected chi connectivity index (χ1v) is 8.32. The molecule has 3 aromatic carbocycles. The Morgan fingerprint density at radius 3 is 1.68 bits per heavy atom. The number of nitrogens with one attached hydrogen (secondary N) is 1. The maximum absolute atomic E-state index is 12.5. The Morgan fingerprint density at radius 1 is 0.760 bits per heavy atom. The van der Waals surface area contributed by atoms with Crippen molar-refractivity contribution in [1.29, 1.82) is 0 Å². The standard InChI is InChI=1S/C22H21NO2/c24-21(23-17-18-10-4-1-5-11-18)16-22(25,19-12-6-2-7-13-19)20-14-8-3-9-15-20/h1-15,25H,16-17H2,(H,23,24). The van der Waals surface area contributed by atoms with E-state index in [1.165, 1.54) is 0 Å². The second-order valence-electron chi connectivity index (χ2n) is 6.03. The Morgan fingerprint density at radius 2 is 1.20 bits per heavy atom. The van der Waals surface area contributed by atoms with E-state index in [-0.39, 0.29) is 12.3 Å². The summed E-state index contributed by atoms with van der Waals surface area (Å²) in [6.45, 7) is 0.444. The number of aliphatic hydroxyl groups is 1. The lowest BCUT2D eigenvalue weighted by Gasteiger charge is -2.29. The van der Waals surface area contributed by atoms with Crippen LogP contribution >= 0.6 is 0 Å². The zero-order valence-corrected chi connectivity index (χ0v) is 13.9. The lowest BCUT2D eigenvalue weighted by atomic mass is 9.83. The van der Waals surface area contributed by atoms with Gasteiger partial charge in [-0.15, -0.1) is 0 Å². The molecule has 0 aliphatic carbocycles. The van der Waals surface area contributed by atoms with Gasteiger partial charge in [-0.2, -0.15) is 0 Å². The van der Waals surface area contributed by atoms with Crippen molar-refractivity contribution in [2.75, 3.05) is 0 Å². The third-order valence-corrected chi connectivity index (χ3v) is 4.25. The van der Waals surface area contributed by atoms with Gasteiger partial charge in [-0.05, 0) is 16.7 Å². The zero-order chi connectivity index (χ0) is 17.5. The molecule has 1 amide bonds. The van der Waals surface area contributed by atoms with Crippen molar-refractivity contribution in [1.82, 2.24) is 5.32 Å². The summed E-state index contributed by atoms with van der Waals surface area (Å²) in [5, 5.41) is 14.3. The molecule has 0 atom stereocenters. The third-order valence-electron chi connectivity index (χ3n) is 4.25. The number of amides is 1. The van der Waals surface area contributed by atoms with E-state index in [1.54, 1.807) is 0 Å². The molecular formula is C22H21NO2. The molecule has 0 saturated carbocycles. The third kappa shape index (κ3) is 4.14. The fourth-order valence-electron chi connectivity index (χ4n) is 2.89. The van der Waals surface area contributed by atoms with Crippen molar-refractivity contribution in [3.8, 4) is 0 Å². The average Bonchev–Trinajstić information content (AvgIpc) is 2.68. The SMILES string of the molecule is O=C(CC(O)(c1ccccc1)c1ccccc1)NCc1ccccc1. The quantitative estimate of drug-likeness (QED) is 0.725. The van der Waals surface area contributed by atoms with E-state index >= 15 is 0 Å². The minimum atomic E-state index is -1.36. The van der Waals surface area contributed by atoms with E-state index in [0.717, 1.165) is 5.56 Å². The van der Waals surface area contributed by atoms with Gasteiger partial charge in [0.05, 0.1) is 6.42 Å². The molecule has 3 rings (SSSR count). The summed E-state index contributed by atoms with van der Waals surface area (Å²) in [4.78, 5) is 12.5. The Bertz CT molecular complexity index is 762. The highest BCUT2D eigenvalue weighted by atomic mass is 16.3. The molecule has 126 valence electrons. The number of carbonyl (C=O) groups excluding carboxylic acids is 1. The van der Waals surface area contributed by atoms with E-state index in [4.69, 9.17) is 0 Å². The van der Waals surface area contributed by atoms with Gasteiger partial charge in [0.25, 0.3) is 0 Å². The highest BCUT2D eigenvalue weighted by molar-refractivity contribution is 5.78. The molecule has 3 nitrogen and oxygen atoms in total. The van der Waals surface area contributed by atoms with Crippen molar-refractivity contribution in [2.45, 2.75) is 18.6 Å². The molecule has 0 radical (unpaired) electrons. The van der Waals surface area contributed by atoms with Crippen molar-refractivity contribution >= 4 is 5.91 Å². The van der Waals surface area contributed by atoms with Crippen LogP contribution in [0.5, 0.6) is 0 Å². The van der Waals surface area contributed by atoms with Crippen LogP contribution < -0.4 is 5.32 Å². The highest BCUT2D eigenvalue weighted by Crippen LogP contribution is 2.32. The molecule has 0 aliphatic rings. The number of benzene rings is 3. The first-order chi connectivity index (χ1) is 12.2. The maximum atomic E-state index is 12.5. The number of hydrogen-bond acceptors (Lipinski definition) is 2. The average molecular weight is 331 g/mol. The Labute approximate surface area is 148 Å². The smallest absolute Gasteiger partial charge is 0.223 e. The van der Waals surface area contributed by atoms with Crippen molar-refractivity contribution < 1.29 is 9.90 Å². The van der Waals surface area contributed by atoms with Crippen LogP contribution in [0.2, 0.25) is 0 Å². The van der Waals surface area contributed by atoms with Gasteiger partial charge in [0.1, 0.15) is 5.60 Å². The maximum Gasteiger partial charge on any atom is 0.223 e. The fraction of sp³-hybridized carbons (Fsp3) is 0.136. The second kappa shape index (κ2) is 7.77. The summed E-state index contributed by atoms with van der Waals surface area (Å²) in [6.07, 6.45) is -0.0339. The van der Waals surface area contributed by atoms with Crippen molar-refractivity contribution in [3.05, 3.63) is 108 Å². The fourth-order valence-corrected chi connectivity index (χ4v) is 2.89. The van der Waals surface area contributed by atoms with E-state index < -0.39 is 5.60 Å². The van der Waals surface area contributed by atoms with E-state index in [9.17, 15) is 9.90 Å². The summed E-state index contributed by atoms with van der Waals surface area (Å²) in [6, 6.07) is 28.4. The normalized spacial score (nSPS) is 11.1. The number of hydrogen-bond donors (Lipinski definition) is 2. The molecule has 3 heteroatoms. The summed E-state index contributed by atoms with van der Waals surface area (Å²) in [5.74, 6) is -0.195. The van der Waals surface area contributed by atoms with Crippen LogP contribution in [0.15, 0.2) is 91.0 Å². The monoisotopic (exact) mass is 331 g/mol. The van der Waals surface area contributed by atoms with Gasteiger partial charge >= 0.3 is 0 Å². The minimum absolute atomic E-state index is 0.0339. The molecule has 0 saturated heterocycles. The molecule has 2 N–H and O–H groups in total. The topological polar surface area (TPSA) is 49.3 Å². The Kier molecular flexibility index (Phi) is 5.26. The number of rotatable bonds is 6. The molecule has 0 spiro atoms. The Balaban J connectivity index is 1.80. The van der Waals surface area contributed by atoms with E-state index in [1.807, 2.05) is 91.0 Å². The van der Waals surface area contributed by atoms with Crippen molar-refractivity contribution in [3.63, 3.8) is 0 Å². The highest BCUT2D eigenvalue weighted by Gasteiger charge is 2.33. The van der Waals surface area contributed by atoms with Gasteiger partial charge < -0.3 is 10.4 Å². The lowest BCUT2D eigenvalue weighted by molar-refractivity contribution is -0.125. The van der Waals surface area contributed by atoms with Gasteiger partial charge in [-0.3, -0.25) is 4.79 Å². The molecular weight excluding hydrogens is 310 g/mol. The summed E-state index contributed by atoms with van der Waals surface area (Å²) in [7, 11) is 0. The molecule has 0 unspecified atom stereocenters. The molecule has 0 heterocycles. The van der Waals surface area contributed by atoms with E-state index in [2.05, 4.69) is 5.32 Å². The van der Waals surface area contributed by atoms with Crippen LogP contribution in [-0.2, 0) is 16.9 Å². The molecule has 25 heavy (non-hydrogen) atoms. The second-order valence-corrected chi connectivity index (χ2v) is 6.03. The van der Waals surface area contributed by atoms with Gasteiger partial charge in [0.15, 0.2) is 0 Å². The predicted molar refractivity (Wildman–Crippen MR) is 98.8 cm³/mol. The molecule has 0 bridgehead atoms. The van der Waals surface area contributed by atoms with Crippen LogP contribution in [0.25, 0.3) is 0 Å². The van der Waals surface area contributed by atoms with Crippen LogP contribution in [0.3, 0.4) is 0 Å². The first kappa shape index (κ1) is 16.9. The Hall–Kier alpha value is -2.91. The first-order valence-electron chi connectivity index (χ1n) is 8.32. The molecule has 0 fully saturated rings. The van der Waals surface area contributed by atoms with Crippen LogP contribution in [0.4, 0.5) is 0 Å². The van der Waals surface area contributed by atoms with Crippen LogP contribution in [0, 0.1) is 0 Å². The van der Waals surface area contributed by atoms with Gasteiger partial charge in [0.2, 0.25) is 5.91 Å². The van der Waals surface area contributed by atoms with E-state index in [0.29, 0.717) is 17.7 Å².